The predicted octanol–water partition coefficient (Wildman–Crippen LogP) is 11.5. The molecule has 7 rings (SSSR count). The molecular formula is C44H51IrN3OSi-2. The van der Waals surface area contributed by atoms with Gasteiger partial charge < -0.3 is 14.4 Å². The van der Waals surface area contributed by atoms with Crippen LogP contribution in [0.1, 0.15) is 93.2 Å². The average Bonchev–Trinajstić information content (AvgIpc) is 3.72. The molecule has 0 N–H and O–H groups in total. The number of aromatic nitrogens is 3. The first-order chi connectivity index (χ1) is 23.4. The van der Waals surface area contributed by atoms with Crippen LogP contribution in [0, 0.1) is 31.9 Å². The van der Waals surface area contributed by atoms with Gasteiger partial charge in [-0.1, -0.05) is 102 Å². The van der Waals surface area contributed by atoms with Crippen molar-refractivity contribution in [2.45, 2.75) is 105 Å². The maximum absolute atomic E-state index is 6.27. The average molecular weight is 858 g/mol. The van der Waals surface area contributed by atoms with Crippen molar-refractivity contribution in [2.24, 2.45) is 5.92 Å². The van der Waals surface area contributed by atoms with Crippen molar-refractivity contribution in [3.8, 4) is 22.5 Å². The Labute approximate surface area is 313 Å². The minimum atomic E-state index is -1.34. The summed E-state index contributed by atoms with van der Waals surface area (Å²) in [4.78, 5) is 14.1. The molecule has 2 aromatic carbocycles. The second kappa shape index (κ2) is 15.8. The first-order valence-corrected chi connectivity index (χ1v) is 21.6. The number of benzene rings is 2. The van der Waals surface area contributed by atoms with Crippen LogP contribution in [-0.2, 0) is 26.5 Å². The Kier molecular flexibility index (Phi) is 12.0. The molecule has 50 heavy (non-hydrogen) atoms. The number of furan rings is 1. The van der Waals surface area contributed by atoms with E-state index in [2.05, 4.69) is 119 Å². The standard InChI is InChI=1S/C27H29N2O.C17H22NSi.Ir/c1-16(2)23-15-28-24(14-20(23)13-19-8-5-6-9-19)21-10-7-11-22-25-17(3)12-18(4)29-27(25)30-26(21)22;1-13(2)15-11-16(14-9-7-6-8-10-14)18-12-17(15)19(3,4)5;/h7,11-12,14-16,19H,5-6,8-9,13H2,1-4H3;6-9,11-13H,1-5H3;/q2*-1;. The molecule has 1 saturated carbocycles. The van der Waals surface area contributed by atoms with E-state index in [9.17, 15) is 0 Å². The van der Waals surface area contributed by atoms with Crippen LogP contribution in [0.25, 0.3) is 44.6 Å². The van der Waals surface area contributed by atoms with Crippen LogP contribution < -0.4 is 5.19 Å². The minimum Gasteiger partial charge on any atom is -0.486 e. The molecule has 1 radical (unpaired) electrons. The van der Waals surface area contributed by atoms with Crippen LogP contribution in [0.4, 0.5) is 0 Å². The molecule has 6 heteroatoms. The molecule has 1 aliphatic carbocycles. The fourth-order valence-electron chi connectivity index (χ4n) is 7.42. The number of hydrogen-bond acceptors (Lipinski definition) is 4. The summed E-state index contributed by atoms with van der Waals surface area (Å²) >= 11 is 0. The van der Waals surface area contributed by atoms with E-state index >= 15 is 0 Å². The number of fused-ring (bicyclic) bond motifs is 3. The number of nitrogens with zero attached hydrogens (tertiary/aromatic N) is 3. The summed E-state index contributed by atoms with van der Waals surface area (Å²) in [5, 5.41) is 3.66. The number of aryl methyl sites for hydroxylation is 2. The van der Waals surface area contributed by atoms with Crippen molar-refractivity contribution in [3.63, 3.8) is 0 Å². The fraction of sp³-hybridized carbons (Fsp3) is 0.386. The van der Waals surface area contributed by atoms with Gasteiger partial charge in [-0.05, 0) is 77.4 Å². The molecular weight excluding hydrogens is 807 g/mol. The Morgan fingerprint density at radius 2 is 1.56 bits per heavy atom. The molecule has 0 spiro atoms. The summed E-state index contributed by atoms with van der Waals surface area (Å²) in [6.45, 7) is 20.3. The quantitative estimate of drug-likeness (QED) is 0.119. The normalized spacial score (nSPS) is 13.6. The molecule has 0 atom stereocenters. The van der Waals surface area contributed by atoms with E-state index in [-0.39, 0.29) is 20.1 Å². The van der Waals surface area contributed by atoms with Gasteiger partial charge >= 0.3 is 0 Å². The first-order valence-electron chi connectivity index (χ1n) is 18.1. The Bertz CT molecular complexity index is 2070. The third kappa shape index (κ3) is 8.20. The summed E-state index contributed by atoms with van der Waals surface area (Å²) in [5.41, 5.74) is 12.0. The maximum atomic E-state index is 6.27. The fourth-order valence-corrected chi connectivity index (χ4v) is 9.10. The van der Waals surface area contributed by atoms with Crippen LogP contribution in [0.2, 0.25) is 19.6 Å². The molecule has 0 aliphatic heterocycles. The smallest absolute Gasteiger partial charge is 0.216 e. The summed E-state index contributed by atoms with van der Waals surface area (Å²) in [6.07, 6.45) is 10.8. The second-order valence-corrected chi connectivity index (χ2v) is 20.6. The van der Waals surface area contributed by atoms with Gasteiger partial charge in [-0.3, -0.25) is 0 Å². The van der Waals surface area contributed by atoms with Crippen LogP contribution in [-0.4, -0.2) is 23.0 Å². The van der Waals surface area contributed by atoms with Gasteiger partial charge in [0.25, 0.3) is 0 Å². The van der Waals surface area contributed by atoms with Crippen molar-refractivity contribution in [1.82, 2.24) is 15.0 Å². The van der Waals surface area contributed by atoms with E-state index in [1.807, 2.05) is 31.2 Å². The molecule has 0 saturated heterocycles. The van der Waals surface area contributed by atoms with Gasteiger partial charge in [-0.15, -0.1) is 54.1 Å². The van der Waals surface area contributed by atoms with Crippen LogP contribution in [0.5, 0.6) is 0 Å². The predicted molar refractivity (Wildman–Crippen MR) is 208 cm³/mol. The van der Waals surface area contributed by atoms with Gasteiger partial charge in [0, 0.05) is 43.6 Å². The zero-order valence-corrected chi connectivity index (χ0v) is 34.6. The van der Waals surface area contributed by atoms with Crippen molar-refractivity contribution in [2.75, 3.05) is 0 Å². The number of hydrogen-bond donors (Lipinski definition) is 0. The zero-order chi connectivity index (χ0) is 34.9. The molecule has 6 aromatic rings. The molecule has 0 bridgehead atoms. The van der Waals surface area contributed by atoms with Crippen molar-refractivity contribution < 1.29 is 24.5 Å². The first kappa shape index (κ1) is 37.8. The van der Waals surface area contributed by atoms with E-state index in [0.29, 0.717) is 17.5 Å². The van der Waals surface area contributed by atoms with Gasteiger partial charge in [-0.25, -0.2) is 4.98 Å². The van der Waals surface area contributed by atoms with Crippen LogP contribution in [0.3, 0.4) is 0 Å². The monoisotopic (exact) mass is 858 g/mol. The topological polar surface area (TPSA) is 51.8 Å². The molecule has 1 aliphatic rings. The molecule has 263 valence electrons. The summed E-state index contributed by atoms with van der Waals surface area (Å²) in [6, 6.07) is 25.4. The summed E-state index contributed by atoms with van der Waals surface area (Å²) < 4.78 is 6.27. The molecule has 4 aromatic heterocycles. The Hall–Kier alpha value is -3.44. The van der Waals surface area contributed by atoms with Crippen LogP contribution >= 0.6 is 0 Å². The van der Waals surface area contributed by atoms with Gasteiger partial charge in [0.2, 0.25) is 5.71 Å². The van der Waals surface area contributed by atoms with E-state index in [4.69, 9.17) is 9.40 Å². The van der Waals surface area contributed by atoms with E-state index < -0.39 is 8.07 Å². The van der Waals surface area contributed by atoms with Gasteiger partial charge in [0.1, 0.15) is 0 Å². The Morgan fingerprint density at radius 3 is 2.22 bits per heavy atom. The maximum Gasteiger partial charge on any atom is 0.216 e. The van der Waals surface area contributed by atoms with E-state index in [1.165, 1.54) is 53.1 Å². The van der Waals surface area contributed by atoms with Crippen LogP contribution in [0.15, 0.2) is 71.4 Å². The van der Waals surface area contributed by atoms with Crippen molar-refractivity contribution in [1.29, 1.82) is 0 Å². The largest absolute Gasteiger partial charge is 0.486 e. The summed E-state index contributed by atoms with van der Waals surface area (Å²) in [7, 11) is -1.34. The Morgan fingerprint density at radius 1 is 0.840 bits per heavy atom. The van der Waals surface area contributed by atoms with Crippen molar-refractivity contribution >= 4 is 35.3 Å². The zero-order valence-electron chi connectivity index (χ0n) is 31.2. The molecule has 0 unspecified atom stereocenters. The van der Waals surface area contributed by atoms with Gasteiger partial charge in [0.15, 0.2) is 0 Å². The molecule has 1 fully saturated rings. The second-order valence-electron chi connectivity index (χ2n) is 15.6. The SMILES string of the molecule is CC(C)c1cc(-c2[c-]cccc2)ncc1[Si](C)(C)C.Cc1cc(C)c2c(n1)oc1c(-c3cc(CC4CCCC4)c(C(C)C)cn3)[c-]ccc12.[Ir]. The number of pyridine rings is 3. The van der Waals surface area contributed by atoms with E-state index in [1.54, 1.807) is 0 Å². The van der Waals surface area contributed by atoms with Crippen molar-refractivity contribution in [3.05, 3.63) is 107 Å². The molecule has 4 nitrogen and oxygen atoms in total. The Balaban J connectivity index is 0.000000211. The number of rotatable bonds is 7. The third-order valence-corrected chi connectivity index (χ3v) is 12.0. The minimum absolute atomic E-state index is 0. The summed E-state index contributed by atoms with van der Waals surface area (Å²) in [5.74, 6) is 1.81. The van der Waals surface area contributed by atoms with Gasteiger partial charge in [0.05, 0.1) is 13.7 Å². The molecule has 4 heterocycles. The third-order valence-electron chi connectivity index (χ3n) is 9.97. The molecule has 0 amide bonds. The van der Waals surface area contributed by atoms with E-state index in [0.717, 1.165) is 56.9 Å². The van der Waals surface area contributed by atoms with Gasteiger partial charge in [-0.2, -0.15) is 0 Å².